The van der Waals surface area contributed by atoms with Crippen LogP contribution in [0.4, 0.5) is 0 Å². The molecule has 0 aliphatic heterocycles. The Kier molecular flexibility index (Phi) is 3.67. The highest BCUT2D eigenvalue weighted by Gasteiger charge is 2.15. The molecular weight excluding hydrogens is 218 g/mol. The summed E-state index contributed by atoms with van der Waals surface area (Å²) < 4.78 is 35.8. The number of ether oxygens (including phenoxy) is 1. The summed E-state index contributed by atoms with van der Waals surface area (Å²) in [5.41, 5.74) is 7.45. The number of rotatable bonds is 4. The van der Waals surface area contributed by atoms with Gasteiger partial charge in [-0.2, -0.15) is 8.42 Å². The van der Waals surface area contributed by atoms with E-state index in [4.69, 9.17) is 15.0 Å². The molecule has 6 heteroatoms. The summed E-state index contributed by atoms with van der Waals surface area (Å²) in [5.74, 6) is 0.505. The molecule has 0 unspecified atom stereocenters. The molecule has 2 N–H and O–H groups in total. The number of methoxy groups -OCH3 is 1. The molecular formula is C9H12NO4S. The average Bonchev–Trinajstić information content (AvgIpc) is 2.16. The smallest absolute Gasteiger partial charge is 0.294 e. The second kappa shape index (κ2) is 4.61. The zero-order valence-electron chi connectivity index (χ0n) is 8.23. The highest BCUT2D eigenvalue weighted by atomic mass is 32.2. The van der Waals surface area contributed by atoms with Crippen molar-refractivity contribution in [1.29, 1.82) is 0 Å². The van der Waals surface area contributed by atoms with Crippen molar-refractivity contribution in [1.82, 2.24) is 5.73 Å². The molecule has 0 atom stereocenters. The Labute approximate surface area is 88.6 Å². The van der Waals surface area contributed by atoms with Crippen LogP contribution in [0.5, 0.6) is 5.75 Å². The fraction of sp³-hybridized carbons (Fsp3) is 0.333. The van der Waals surface area contributed by atoms with Gasteiger partial charge in [0.1, 0.15) is 5.75 Å². The summed E-state index contributed by atoms with van der Waals surface area (Å²) in [5, 5.41) is 0. The topological polar surface area (TPSA) is 87.4 Å². The molecule has 15 heavy (non-hydrogen) atoms. The van der Waals surface area contributed by atoms with Crippen molar-refractivity contribution in [2.45, 2.75) is 11.3 Å². The van der Waals surface area contributed by atoms with Gasteiger partial charge in [-0.3, -0.25) is 10.3 Å². The summed E-state index contributed by atoms with van der Waals surface area (Å²) in [6, 6.07) is 4.24. The van der Waals surface area contributed by atoms with E-state index in [1.807, 2.05) is 0 Å². The molecule has 5 nitrogen and oxygen atoms in total. The zero-order valence-corrected chi connectivity index (χ0v) is 9.04. The van der Waals surface area contributed by atoms with Crippen molar-refractivity contribution in [3.8, 4) is 5.75 Å². The van der Waals surface area contributed by atoms with Crippen molar-refractivity contribution in [2.75, 3.05) is 13.7 Å². The van der Waals surface area contributed by atoms with Crippen LogP contribution in [0.3, 0.4) is 0 Å². The van der Waals surface area contributed by atoms with Gasteiger partial charge in [0.15, 0.2) is 0 Å². The van der Waals surface area contributed by atoms with Crippen LogP contribution in [-0.2, 0) is 16.5 Å². The molecule has 0 aromatic heterocycles. The molecule has 1 aromatic rings. The van der Waals surface area contributed by atoms with Crippen LogP contribution in [0.25, 0.3) is 0 Å². The Bertz CT molecular complexity index is 441. The lowest BCUT2D eigenvalue weighted by Crippen LogP contribution is -2.05. The van der Waals surface area contributed by atoms with Gasteiger partial charge in [-0.05, 0) is 30.2 Å². The molecule has 83 valence electrons. The summed E-state index contributed by atoms with van der Waals surface area (Å²) in [6.45, 7) is 0.0513. The minimum absolute atomic E-state index is 0.0513. The van der Waals surface area contributed by atoms with Gasteiger partial charge in [0.05, 0.1) is 12.0 Å². The molecule has 0 fully saturated rings. The third-order valence-corrected chi connectivity index (χ3v) is 2.89. The summed E-state index contributed by atoms with van der Waals surface area (Å²) in [6.07, 6.45) is 0.256. The van der Waals surface area contributed by atoms with Gasteiger partial charge in [0, 0.05) is 6.54 Å². The van der Waals surface area contributed by atoms with Crippen LogP contribution in [0, 0.1) is 0 Å². The van der Waals surface area contributed by atoms with E-state index in [2.05, 4.69) is 0 Å². The third kappa shape index (κ3) is 2.92. The molecule has 0 aliphatic rings. The van der Waals surface area contributed by atoms with Crippen molar-refractivity contribution in [3.63, 3.8) is 0 Å². The first-order valence-corrected chi connectivity index (χ1v) is 5.72. The molecule has 0 spiro atoms. The zero-order chi connectivity index (χ0) is 11.5. The molecule has 0 saturated heterocycles. The number of benzene rings is 1. The highest BCUT2D eigenvalue weighted by Crippen LogP contribution is 2.21. The molecule has 1 radical (unpaired) electrons. The van der Waals surface area contributed by atoms with Crippen LogP contribution in [-0.4, -0.2) is 26.6 Å². The van der Waals surface area contributed by atoms with Crippen molar-refractivity contribution < 1.29 is 17.7 Å². The Morgan fingerprint density at radius 2 is 2.13 bits per heavy atom. The number of nitrogens with one attached hydrogen (secondary N) is 1. The van der Waals surface area contributed by atoms with E-state index in [1.165, 1.54) is 25.3 Å². The van der Waals surface area contributed by atoms with Gasteiger partial charge in [0.25, 0.3) is 10.1 Å². The SMILES string of the molecule is COc1ccc(S(=O)(=O)O)c(CC[NH])c1. The van der Waals surface area contributed by atoms with E-state index < -0.39 is 10.1 Å². The minimum atomic E-state index is -4.22. The summed E-state index contributed by atoms with van der Waals surface area (Å²) in [7, 11) is -2.75. The van der Waals surface area contributed by atoms with Gasteiger partial charge in [-0.15, -0.1) is 0 Å². The Morgan fingerprint density at radius 1 is 1.47 bits per heavy atom. The molecule has 1 aromatic carbocycles. The van der Waals surface area contributed by atoms with Gasteiger partial charge in [-0.25, -0.2) is 0 Å². The lowest BCUT2D eigenvalue weighted by Gasteiger charge is -2.07. The normalized spacial score (nSPS) is 11.4. The third-order valence-electron chi connectivity index (χ3n) is 1.94. The largest absolute Gasteiger partial charge is 0.497 e. The van der Waals surface area contributed by atoms with Crippen LogP contribution in [0.2, 0.25) is 0 Å². The lowest BCUT2D eigenvalue weighted by atomic mass is 10.1. The molecule has 0 saturated carbocycles. The maximum absolute atomic E-state index is 11.0. The minimum Gasteiger partial charge on any atom is -0.497 e. The van der Waals surface area contributed by atoms with E-state index in [0.29, 0.717) is 11.3 Å². The molecule has 0 bridgehead atoms. The Hall–Kier alpha value is -1.11. The monoisotopic (exact) mass is 230 g/mol. The fourth-order valence-corrected chi connectivity index (χ4v) is 2.00. The molecule has 0 amide bonds. The van der Waals surface area contributed by atoms with Gasteiger partial charge in [0.2, 0.25) is 0 Å². The Balaban J connectivity index is 3.27. The highest BCUT2D eigenvalue weighted by molar-refractivity contribution is 7.85. The first-order chi connectivity index (χ1) is 6.99. The van der Waals surface area contributed by atoms with Crippen LogP contribution >= 0.6 is 0 Å². The van der Waals surface area contributed by atoms with Crippen molar-refractivity contribution in [2.24, 2.45) is 0 Å². The first kappa shape index (κ1) is 12.0. The molecule has 0 aliphatic carbocycles. The predicted molar refractivity (Wildman–Crippen MR) is 54.5 cm³/mol. The summed E-state index contributed by atoms with van der Waals surface area (Å²) in [4.78, 5) is -0.157. The Morgan fingerprint density at radius 3 is 2.60 bits per heavy atom. The lowest BCUT2D eigenvalue weighted by molar-refractivity contribution is 0.413. The summed E-state index contributed by atoms with van der Waals surface area (Å²) >= 11 is 0. The van der Waals surface area contributed by atoms with E-state index in [1.54, 1.807) is 0 Å². The van der Waals surface area contributed by atoms with E-state index in [0.717, 1.165) is 0 Å². The van der Waals surface area contributed by atoms with Gasteiger partial charge < -0.3 is 4.74 Å². The van der Waals surface area contributed by atoms with Gasteiger partial charge in [-0.1, -0.05) is 0 Å². The van der Waals surface area contributed by atoms with Crippen LogP contribution in [0.15, 0.2) is 23.1 Å². The van der Waals surface area contributed by atoms with Crippen molar-refractivity contribution in [3.05, 3.63) is 23.8 Å². The molecule has 1 rings (SSSR count). The maximum atomic E-state index is 11.0. The maximum Gasteiger partial charge on any atom is 0.294 e. The van der Waals surface area contributed by atoms with Crippen LogP contribution < -0.4 is 10.5 Å². The predicted octanol–water partition coefficient (Wildman–Crippen LogP) is 0.767. The van der Waals surface area contributed by atoms with Gasteiger partial charge >= 0.3 is 0 Å². The first-order valence-electron chi connectivity index (χ1n) is 4.28. The second-order valence-corrected chi connectivity index (χ2v) is 4.34. The van der Waals surface area contributed by atoms with Crippen LogP contribution in [0.1, 0.15) is 5.56 Å². The second-order valence-electron chi connectivity index (χ2n) is 2.95. The number of hydrogen-bond acceptors (Lipinski definition) is 3. The van der Waals surface area contributed by atoms with E-state index >= 15 is 0 Å². The molecule has 0 heterocycles. The van der Waals surface area contributed by atoms with E-state index in [9.17, 15) is 8.42 Å². The van der Waals surface area contributed by atoms with E-state index in [-0.39, 0.29) is 17.9 Å². The number of hydrogen-bond donors (Lipinski definition) is 1. The quantitative estimate of drug-likeness (QED) is 0.774. The average molecular weight is 230 g/mol. The van der Waals surface area contributed by atoms with Crippen molar-refractivity contribution >= 4 is 10.1 Å². The standard InChI is InChI=1S/C9H12NO4S/c1-14-8-2-3-9(15(11,12)13)7(6-8)4-5-10/h2-3,6,10H,4-5H2,1H3,(H,11,12,13). The fourth-order valence-electron chi connectivity index (χ4n) is 1.26.